The number of carbonyl (C=O) groups is 1. The topological polar surface area (TPSA) is 75.7 Å². The van der Waals surface area contributed by atoms with E-state index in [9.17, 15) is 13.2 Å². The molecule has 0 bridgehead atoms. The molecule has 0 fully saturated rings. The summed E-state index contributed by atoms with van der Waals surface area (Å²) in [6, 6.07) is 15.7. The zero-order valence-electron chi connectivity index (χ0n) is 17.2. The minimum atomic E-state index is -3.59. The van der Waals surface area contributed by atoms with Crippen LogP contribution in [0.3, 0.4) is 0 Å². The van der Waals surface area contributed by atoms with Crippen molar-refractivity contribution in [2.24, 2.45) is 0 Å². The van der Waals surface area contributed by atoms with Gasteiger partial charge in [0, 0.05) is 12.7 Å². The van der Waals surface area contributed by atoms with E-state index in [1.807, 2.05) is 32.0 Å². The van der Waals surface area contributed by atoms with Gasteiger partial charge in [0.15, 0.2) is 6.10 Å². The standard InChI is InChI=1S/C22H24N2O4S2/c1-15-7-8-16(2)20(14-15)23-22(25)17(3)28-19-11-9-18(10-12-19)24(4)30(26,27)21-6-5-13-29-21/h5-14,17H,1-4H3,(H,23,25)/t17-/m1/s1. The first-order chi connectivity index (χ1) is 14.2. The molecule has 0 radical (unpaired) electrons. The summed E-state index contributed by atoms with van der Waals surface area (Å²) in [5, 5.41) is 4.61. The molecule has 8 heteroatoms. The molecule has 30 heavy (non-hydrogen) atoms. The van der Waals surface area contributed by atoms with Crippen molar-refractivity contribution in [2.75, 3.05) is 16.7 Å². The predicted molar refractivity (Wildman–Crippen MR) is 121 cm³/mol. The third-order valence-electron chi connectivity index (χ3n) is 4.64. The van der Waals surface area contributed by atoms with E-state index in [-0.39, 0.29) is 10.1 Å². The number of nitrogens with zero attached hydrogens (tertiary/aromatic N) is 1. The number of rotatable bonds is 7. The number of hydrogen-bond acceptors (Lipinski definition) is 5. The second kappa shape index (κ2) is 8.89. The quantitative estimate of drug-likeness (QED) is 0.578. The maximum atomic E-state index is 12.6. The lowest BCUT2D eigenvalue weighted by Gasteiger charge is -2.20. The Morgan fingerprint density at radius 1 is 1.10 bits per heavy atom. The Morgan fingerprint density at radius 2 is 1.80 bits per heavy atom. The van der Waals surface area contributed by atoms with E-state index < -0.39 is 16.1 Å². The molecule has 0 spiro atoms. The van der Waals surface area contributed by atoms with Crippen molar-refractivity contribution in [3.8, 4) is 5.75 Å². The number of carbonyl (C=O) groups excluding carboxylic acids is 1. The number of ether oxygens (including phenoxy) is 1. The van der Waals surface area contributed by atoms with Gasteiger partial charge in [-0.2, -0.15) is 0 Å². The monoisotopic (exact) mass is 444 g/mol. The van der Waals surface area contributed by atoms with Gasteiger partial charge in [-0.15, -0.1) is 11.3 Å². The van der Waals surface area contributed by atoms with Crippen LogP contribution in [0.25, 0.3) is 0 Å². The first-order valence-corrected chi connectivity index (χ1v) is 11.7. The summed E-state index contributed by atoms with van der Waals surface area (Å²) in [5.41, 5.74) is 3.29. The molecule has 1 heterocycles. The highest BCUT2D eigenvalue weighted by atomic mass is 32.2. The second-order valence-electron chi connectivity index (χ2n) is 6.97. The average Bonchev–Trinajstić information content (AvgIpc) is 3.26. The summed E-state index contributed by atoms with van der Waals surface area (Å²) in [4.78, 5) is 12.5. The number of amides is 1. The molecule has 0 aliphatic rings. The van der Waals surface area contributed by atoms with Gasteiger partial charge in [0.05, 0.1) is 5.69 Å². The van der Waals surface area contributed by atoms with E-state index in [0.717, 1.165) is 16.8 Å². The summed E-state index contributed by atoms with van der Waals surface area (Å²) in [7, 11) is -2.09. The number of thiophene rings is 1. The Morgan fingerprint density at radius 3 is 2.43 bits per heavy atom. The largest absolute Gasteiger partial charge is 0.481 e. The summed E-state index contributed by atoms with van der Waals surface area (Å²) in [6.45, 7) is 5.56. The summed E-state index contributed by atoms with van der Waals surface area (Å²) in [5.74, 6) is 0.217. The SMILES string of the molecule is Cc1ccc(C)c(NC(=O)[C@@H](C)Oc2ccc(N(C)S(=O)(=O)c3cccs3)cc2)c1. The molecule has 0 saturated heterocycles. The van der Waals surface area contributed by atoms with E-state index in [1.54, 1.807) is 48.7 Å². The van der Waals surface area contributed by atoms with Crippen molar-refractivity contribution in [1.82, 2.24) is 0 Å². The van der Waals surface area contributed by atoms with E-state index in [1.165, 1.54) is 22.7 Å². The van der Waals surface area contributed by atoms with Gasteiger partial charge in [0.1, 0.15) is 9.96 Å². The third-order valence-corrected chi connectivity index (χ3v) is 7.80. The first kappa shape index (κ1) is 21.9. The molecule has 3 aromatic rings. The normalized spacial score (nSPS) is 12.3. The van der Waals surface area contributed by atoms with Crippen LogP contribution in [0.5, 0.6) is 5.75 Å². The van der Waals surface area contributed by atoms with Crippen LogP contribution in [0.1, 0.15) is 18.1 Å². The van der Waals surface area contributed by atoms with Crippen LogP contribution >= 0.6 is 11.3 Å². The van der Waals surface area contributed by atoms with Gasteiger partial charge in [-0.3, -0.25) is 9.10 Å². The molecule has 158 valence electrons. The maximum Gasteiger partial charge on any atom is 0.273 e. The van der Waals surface area contributed by atoms with E-state index in [4.69, 9.17) is 4.74 Å². The average molecular weight is 445 g/mol. The zero-order valence-corrected chi connectivity index (χ0v) is 18.9. The number of aryl methyl sites for hydroxylation is 2. The van der Waals surface area contributed by atoms with Gasteiger partial charge in [-0.1, -0.05) is 18.2 Å². The molecule has 1 N–H and O–H groups in total. The van der Waals surface area contributed by atoms with Crippen molar-refractivity contribution in [1.29, 1.82) is 0 Å². The van der Waals surface area contributed by atoms with Crippen LogP contribution in [0, 0.1) is 13.8 Å². The molecule has 0 saturated carbocycles. The number of anilines is 2. The first-order valence-electron chi connectivity index (χ1n) is 9.36. The molecule has 0 unspecified atom stereocenters. The fraction of sp³-hybridized carbons (Fsp3) is 0.227. The number of sulfonamides is 1. The highest BCUT2D eigenvalue weighted by Crippen LogP contribution is 2.27. The Bertz CT molecular complexity index is 1120. The van der Waals surface area contributed by atoms with Crippen molar-refractivity contribution in [3.63, 3.8) is 0 Å². The molecule has 0 aliphatic heterocycles. The van der Waals surface area contributed by atoms with Gasteiger partial charge in [0.2, 0.25) is 0 Å². The number of nitrogens with one attached hydrogen (secondary N) is 1. The Hall–Kier alpha value is -2.84. The van der Waals surface area contributed by atoms with Crippen molar-refractivity contribution < 1.29 is 17.9 Å². The van der Waals surface area contributed by atoms with Crippen LogP contribution in [0.15, 0.2) is 64.2 Å². The van der Waals surface area contributed by atoms with Crippen LogP contribution in [0.4, 0.5) is 11.4 Å². The van der Waals surface area contributed by atoms with Gasteiger partial charge in [0.25, 0.3) is 15.9 Å². The molecular weight excluding hydrogens is 420 g/mol. The predicted octanol–water partition coefficient (Wildman–Crippen LogP) is 4.60. The molecule has 6 nitrogen and oxygen atoms in total. The maximum absolute atomic E-state index is 12.6. The minimum Gasteiger partial charge on any atom is -0.481 e. The molecule has 3 rings (SSSR count). The minimum absolute atomic E-state index is 0.259. The Labute approximate surface area is 181 Å². The fourth-order valence-corrected chi connectivity index (χ4v) is 5.14. The lowest BCUT2D eigenvalue weighted by molar-refractivity contribution is -0.122. The van der Waals surface area contributed by atoms with Gasteiger partial charge in [-0.25, -0.2) is 8.42 Å². The molecule has 0 aliphatic carbocycles. The lowest BCUT2D eigenvalue weighted by Crippen LogP contribution is -2.30. The molecular formula is C22H24N2O4S2. The third kappa shape index (κ3) is 4.83. The fourth-order valence-electron chi connectivity index (χ4n) is 2.78. The van der Waals surface area contributed by atoms with Crippen molar-refractivity contribution >= 4 is 38.6 Å². The van der Waals surface area contributed by atoms with Crippen molar-refractivity contribution in [3.05, 3.63) is 71.1 Å². The van der Waals surface area contributed by atoms with E-state index in [0.29, 0.717) is 11.4 Å². The van der Waals surface area contributed by atoms with E-state index >= 15 is 0 Å². The Balaban J connectivity index is 1.66. The number of hydrogen-bond donors (Lipinski definition) is 1. The van der Waals surface area contributed by atoms with Crippen molar-refractivity contribution in [2.45, 2.75) is 31.1 Å². The van der Waals surface area contributed by atoms with Gasteiger partial charge in [-0.05, 0) is 73.7 Å². The highest BCUT2D eigenvalue weighted by Gasteiger charge is 2.22. The van der Waals surface area contributed by atoms with Gasteiger partial charge < -0.3 is 10.1 Å². The summed E-state index contributed by atoms with van der Waals surface area (Å²) < 4.78 is 32.5. The molecule has 1 aromatic heterocycles. The molecule has 2 aromatic carbocycles. The zero-order chi connectivity index (χ0) is 21.9. The molecule has 1 amide bonds. The highest BCUT2D eigenvalue weighted by molar-refractivity contribution is 7.94. The van der Waals surface area contributed by atoms with Crippen LogP contribution in [-0.4, -0.2) is 27.5 Å². The summed E-state index contributed by atoms with van der Waals surface area (Å²) >= 11 is 1.17. The summed E-state index contributed by atoms with van der Waals surface area (Å²) in [6.07, 6.45) is -0.719. The lowest BCUT2D eigenvalue weighted by atomic mass is 10.1. The Kier molecular flexibility index (Phi) is 6.48. The van der Waals surface area contributed by atoms with Gasteiger partial charge >= 0.3 is 0 Å². The van der Waals surface area contributed by atoms with Crippen LogP contribution < -0.4 is 14.4 Å². The smallest absolute Gasteiger partial charge is 0.273 e. The van der Waals surface area contributed by atoms with Crippen LogP contribution in [-0.2, 0) is 14.8 Å². The molecule has 1 atom stereocenters. The number of benzene rings is 2. The van der Waals surface area contributed by atoms with Crippen LogP contribution in [0.2, 0.25) is 0 Å². The second-order valence-corrected chi connectivity index (χ2v) is 10.1. The van der Waals surface area contributed by atoms with E-state index in [2.05, 4.69) is 5.32 Å².